The maximum Gasteiger partial charge on any atom is 0.143 e. The van der Waals surface area contributed by atoms with Crippen LogP contribution in [0.1, 0.15) is 91.7 Å². The van der Waals surface area contributed by atoms with Crippen LogP contribution in [0.25, 0.3) is 111 Å². The summed E-state index contributed by atoms with van der Waals surface area (Å²) < 4.78 is 13.8. The van der Waals surface area contributed by atoms with E-state index in [1.165, 1.54) is 156 Å². The Bertz CT molecular complexity index is 5670. The fourth-order valence-corrected chi connectivity index (χ4v) is 18.4. The highest BCUT2D eigenvalue weighted by Crippen LogP contribution is 2.70. The molecule has 3 heteroatoms. The van der Waals surface area contributed by atoms with E-state index >= 15 is 0 Å². The summed E-state index contributed by atoms with van der Waals surface area (Å²) in [4.78, 5) is 2.59. The van der Waals surface area contributed by atoms with Gasteiger partial charge in [-0.25, -0.2) is 0 Å². The number of hydrogen-bond donors (Lipinski definition) is 0. The lowest BCUT2D eigenvalue weighted by molar-refractivity contribution is 0.657. The topological polar surface area (TPSA) is 29.5 Å². The van der Waals surface area contributed by atoms with Gasteiger partial charge in [-0.2, -0.15) is 0 Å². The van der Waals surface area contributed by atoms with Crippen molar-refractivity contribution in [3.05, 3.63) is 327 Å². The van der Waals surface area contributed by atoms with Gasteiger partial charge in [0.05, 0.1) is 16.5 Å². The van der Waals surface area contributed by atoms with Crippen LogP contribution in [0.5, 0.6) is 0 Å². The SMILES string of the molecule is Cc1cc(C)c(N(c2ccc3c(c2)C(C)(C)c2cc(-c4ccccc4C)c4oc5ccccc5c4c2-3)c2ccc3c(c2)C2(c4ccccc4-c4ccccc42)c2cc4c(cc2-3)C2(c3ccccc3-c3ccccc32)c2ccc3oc5ccccc5c3c2-4)c(C)c1. The van der Waals surface area contributed by atoms with Crippen molar-refractivity contribution in [3.63, 3.8) is 0 Å². The molecule has 2 aromatic heterocycles. The van der Waals surface area contributed by atoms with E-state index in [9.17, 15) is 0 Å². The van der Waals surface area contributed by atoms with Gasteiger partial charge in [0.15, 0.2) is 0 Å². The summed E-state index contributed by atoms with van der Waals surface area (Å²) in [6, 6.07) is 94.8. The second-order valence-electron chi connectivity index (χ2n) is 26.7. The monoisotopic (exact) mass is 1150 g/mol. The minimum absolute atomic E-state index is 0.361. The zero-order valence-electron chi connectivity index (χ0n) is 50.9. The minimum atomic E-state index is -0.672. The highest BCUT2D eigenvalue weighted by Gasteiger charge is 2.57. The summed E-state index contributed by atoms with van der Waals surface area (Å²) in [5.41, 5.74) is 38.7. The van der Waals surface area contributed by atoms with Gasteiger partial charge in [0, 0.05) is 43.9 Å². The van der Waals surface area contributed by atoms with Gasteiger partial charge in [-0.05, 0) is 222 Å². The Morgan fingerprint density at radius 1 is 0.289 bits per heavy atom. The lowest BCUT2D eigenvalue weighted by atomic mass is 9.68. The number of fused-ring (bicyclic) bond motifs is 31. The van der Waals surface area contributed by atoms with Crippen molar-refractivity contribution in [1.29, 1.82) is 0 Å². The van der Waals surface area contributed by atoms with Crippen molar-refractivity contribution < 1.29 is 8.83 Å². The molecule has 0 aliphatic heterocycles. The van der Waals surface area contributed by atoms with Gasteiger partial charge in [-0.1, -0.05) is 207 Å². The summed E-state index contributed by atoms with van der Waals surface area (Å²) in [5.74, 6) is 0. The van der Waals surface area contributed by atoms with Crippen molar-refractivity contribution >= 4 is 60.9 Å². The molecule has 90 heavy (non-hydrogen) atoms. The largest absolute Gasteiger partial charge is 0.456 e. The summed E-state index contributed by atoms with van der Waals surface area (Å²) in [6.07, 6.45) is 0. The highest BCUT2D eigenvalue weighted by molar-refractivity contribution is 6.20. The normalized spacial score (nSPS) is 14.8. The average Bonchev–Trinajstić information content (AvgIpc) is 1.49. The van der Waals surface area contributed by atoms with Crippen LogP contribution in [-0.4, -0.2) is 0 Å². The molecule has 0 unspecified atom stereocenters. The molecule has 2 spiro atoms. The van der Waals surface area contributed by atoms with E-state index in [0.29, 0.717) is 0 Å². The lowest BCUT2D eigenvalue weighted by Gasteiger charge is -2.34. The third kappa shape index (κ3) is 6.02. The zero-order valence-corrected chi connectivity index (χ0v) is 50.9. The third-order valence-electron chi connectivity index (χ3n) is 21.9. The maximum atomic E-state index is 6.97. The molecule has 0 atom stereocenters. The van der Waals surface area contributed by atoms with E-state index in [2.05, 4.69) is 295 Å². The molecule has 424 valence electrons. The van der Waals surface area contributed by atoms with E-state index in [-0.39, 0.29) is 5.41 Å². The number of anilines is 3. The molecular weight excluding hydrogens is 1090 g/mol. The molecule has 0 bridgehead atoms. The number of furan rings is 2. The van der Waals surface area contributed by atoms with E-state index in [1.54, 1.807) is 0 Å². The van der Waals surface area contributed by atoms with Crippen molar-refractivity contribution in [2.45, 2.75) is 57.8 Å². The number of rotatable bonds is 4. The molecule has 0 saturated heterocycles. The molecule has 0 fully saturated rings. The Labute approximate surface area is 522 Å². The Morgan fingerprint density at radius 3 is 1.37 bits per heavy atom. The van der Waals surface area contributed by atoms with Gasteiger partial charge in [-0.3, -0.25) is 0 Å². The van der Waals surface area contributed by atoms with Crippen molar-refractivity contribution in [2.75, 3.05) is 4.90 Å². The summed E-state index contributed by atoms with van der Waals surface area (Å²) >= 11 is 0. The first-order valence-electron chi connectivity index (χ1n) is 31.8. The average molecular weight is 1150 g/mol. The van der Waals surface area contributed by atoms with E-state index in [4.69, 9.17) is 8.83 Å². The van der Waals surface area contributed by atoms with E-state index in [0.717, 1.165) is 50.0 Å². The molecule has 15 aromatic rings. The molecule has 5 aliphatic carbocycles. The third-order valence-corrected chi connectivity index (χ3v) is 21.9. The van der Waals surface area contributed by atoms with Gasteiger partial charge in [0.25, 0.3) is 0 Å². The van der Waals surface area contributed by atoms with E-state index in [1.807, 2.05) is 0 Å². The van der Waals surface area contributed by atoms with E-state index < -0.39 is 10.8 Å². The van der Waals surface area contributed by atoms with Gasteiger partial charge in [-0.15, -0.1) is 0 Å². The zero-order chi connectivity index (χ0) is 59.8. The fourth-order valence-electron chi connectivity index (χ4n) is 18.4. The van der Waals surface area contributed by atoms with Crippen LogP contribution in [0.4, 0.5) is 17.1 Å². The van der Waals surface area contributed by atoms with Crippen LogP contribution >= 0.6 is 0 Å². The lowest BCUT2D eigenvalue weighted by Crippen LogP contribution is -2.27. The van der Waals surface area contributed by atoms with Crippen LogP contribution < -0.4 is 4.90 Å². The first-order chi connectivity index (χ1) is 44.0. The van der Waals surface area contributed by atoms with Crippen molar-refractivity contribution in [1.82, 2.24) is 0 Å². The van der Waals surface area contributed by atoms with Crippen LogP contribution in [0.3, 0.4) is 0 Å². The molecule has 5 aliphatic rings. The molecule has 2 heterocycles. The molecule has 0 radical (unpaired) electrons. The Kier molecular flexibility index (Phi) is 9.67. The Hall–Kier alpha value is -10.7. The van der Waals surface area contributed by atoms with Crippen LogP contribution in [-0.2, 0) is 16.2 Å². The molecular formula is C87H59NO2. The summed E-state index contributed by atoms with van der Waals surface area (Å²) in [7, 11) is 0. The first-order valence-corrected chi connectivity index (χ1v) is 31.8. The summed E-state index contributed by atoms with van der Waals surface area (Å²) in [6.45, 7) is 13.9. The van der Waals surface area contributed by atoms with Crippen molar-refractivity contribution in [3.8, 4) is 66.8 Å². The van der Waals surface area contributed by atoms with Gasteiger partial charge in [0.1, 0.15) is 22.3 Å². The molecule has 13 aromatic carbocycles. The second kappa shape index (κ2) is 17.3. The standard InChI is InChI=1S/C87H59NO2/c1-48-41-50(3)83(51(4)42-48)88(52-36-38-60-71(43-52)85(5,6)75-46-64(54-22-8-7-21-49(54)2)84-82(79(60)75)62-28-14-20-34-77(62)90-84)53-35-37-59-63-45-74-65(47-73(63)87(72(59)44-53)68-31-17-11-25-57(68)58-26-12-18-32-69(58)87)80-70(39-40-78-81(80)61-27-13-19-33-76(61)89-78)86(74)66-29-15-9-23-55(66)56-24-10-16-30-67(56)86/h7-47H,1-6H3. The molecule has 3 nitrogen and oxygen atoms in total. The fraction of sp³-hybridized carbons (Fsp3) is 0.103. The van der Waals surface area contributed by atoms with Gasteiger partial charge in [0.2, 0.25) is 0 Å². The first kappa shape index (κ1) is 50.3. The smallest absolute Gasteiger partial charge is 0.143 e. The number of aryl methyl sites for hydroxylation is 4. The molecule has 0 N–H and O–H groups in total. The molecule has 20 rings (SSSR count). The van der Waals surface area contributed by atoms with Gasteiger partial charge < -0.3 is 13.7 Å². The maximum absolute atomic E-state index is 6.97. The second-order valence-corrected chi connectivity index (χ2v) is 26.7. The van der Waals surface area contributed by atoms with Crippen LogP contribution in [0.15, 0.2) is 258 Å². The Morgan fingerprint density at radius 2 is 0.744 bits per heavy atom. The Balaban J connectivity index is 0.863. The summed E-state index contributed by atoms with van der Waals surface area (Å²) in [5, 5.41) is 4.65. The molecule has 0 amide bonds. The number of benzene rings is 13. The predicted molar refractivity (Wildman–Crippen MR) is 370 cm³/mol. The highest BCUT2D eigenvalue weighted by atomic mass is 16.3. The minimum Gasteiger partial charge on any atom is -0.456 e. The quantitative estimate of drug-likeness (QED) is 0.176. The van der Waals surface area contributed by atoms with Crippen molar-refractivity contribution in [2.24, 2.45) is 0 Å². The number of para-hydroxylation sites is 2. The van der Waals surface area contributed by atoms with Gasteiger partial charge >= 0.3 is 0 Å². The van der Waals surface area contributed by atoms with Crippen LogP contribution in [0.2, 0.25) is 0 Å². The number of nitrogens with zero attached hydrogens (tertiary/aromatic N) is 1. The predicted octanol–water partition coefficient (Wildman–Crippen LogP) is 22.8. The number of hydrogen-bond acceptors (Lipinski definition) is 3. The van der Waals surface area contributed by atoms with Crippen LogP contribution in [0, 0.1) is 27.7 Å². The molecule has 0 saturated carbocycles.